The number of methoxy groups -OCH3 is 1. The predicted octanol–water partition coefficient (Wildman–Crippen LogP) is 5.64. The van der Waals surface area contributed by atoms with Crippen molar-refractivity contribution in [2.24, 2.45) is 7.05 Å². The van der Waals surface area contributed by atoms with Gasteiger partial charge < -0.3 is 14.6 Å². The first-order chi connectivity index (χ1) is 17.9. The lowest BCUT2D eigenvalue weighted by atomic mass is 10.2. The summed E-state index contributed by atoms with van der Waals surface area (Å²) in [5.41, 5.74) is 4.33. The van der Waals surface area contributed by atoms with Gasteiger partial charge in [0.15, 0.2) is 5.16 Å². The molecular formula is C28H25ClN4O3S. The van der Waals surface area contributed by atoms with E-state index >= 15 is 0 Å². The summed E-state index contributed by atoms with van der Waals surface area (Å²) >= 11 is 7.33. The van der Waals surface area contributed by atoms with E-state index in [9.17, 15) is 9.59 Å². The SMILES string of the molecule is COc1ccc2c(c1)c1nc(SCC(=O)Nc3cc(Cl)ccc3C)n(Cc3ccccc3)c(=O)c1n2C. The molecule has 0 aliphatic rings. The van der Waals surface area contributed by atoms with E-state index in [0.717, 1.165) is 22.0 Å². The monoisotopic (exact) mass is 532 g/mol. The van der Waals surface area contributed by atoms with Crippen molar-refractivity contribution in [3.63, 3.8) is 0 Å². The number of thioether (sulfide) groups is 1. The first kappa shape index (κ1) is 24.9. The fourth-order valence-electron chi connectivity index (χ4n) is 4.32. The Morgan fingerprint density at radius 2 is 1.89 bits per heavy atom. The second kappa shape index (κ2) is 10.3. The van der Waals surface area contributed by atoms with Gasteiger partial charge in [0.05, 0.1) is 24.9 Å². The molecule has 0 atom stereocenters. The number of aryl methyl sites for hydroxylation is 2. The van der Waals surface area contributed by atoms with Gasteiger partial charge in [-0.1, -0.05) is 59.8 Å². The van der Waals surface area contributed by atoms with Gasteiger partial charge in [-0.25, -0.2) is 4.98 Å². The molecule has 188 valence electrons. The number of halogens is 1. The average Bonchev–Trinajstić information content (AvgIpc) is 3.18. The van der Waals surface area contributed by atoms with Crippen LogP contribution in [0.2, 0.25) is 5.02 Å². The van der Waals surface area contributed by atoms with Crippen molar-refractivity contribution in [2.45, 2.75) is 18.6 Å². The van der Waals surface area contributed by atoms with Gasteiger partial charge in [0.2, 0.25) is 5.91 Å². The number of ether oxygens (including phenoxy) is 1. The Bertz CT molecular complexity index is 1700. The van der Waals surface area contributed by atoms with Crippen molar-refractivity contribution in [1.82, 2.24) is 14.1 Å². The lowest BCUT2D eigenvalue weighted by Crippen LogP contribution is -2.26. The quantitative estimate of drug-likeness (QED) is 0.217. The molecule has 0 saturated carbocycles. The van der Waals surface area contributed by atoms with Crippen LogP contribution in [0.25, 0.3) is 21.9 Å². The smallest absolute Gasteiger partial charge is 0.279 e. The van der Waals surface area contributed by atoms with Crippen LogP contribution in [0, 0.1) is 6.92 Å². The van der Waals surface area contributed by atoms with Crippen molar-refractivity contribution in [1.29, 1.82) is 0 Å². The first-order valence-corrected chi connectivity index (χ1v) is 13.0. The third-order valence-electron chi connectivity index (χ3n) is 6.26. The minimum Gasteiger partial charge on any atom is -0.497 e. The Labute approximate surface area is 223 Å². The highest BCUT2D eigenvalue weighted by molar-refractivity contribution is 7.99. The fourth-order valence-corrected chi connectivity index (χ4v) is 5.28. The third-order valence-corrected chi connectivity index (χ3v) is 7.47. The zero-order chi connectivity index (χ0) is 26.1. The standard InChI is InChI=1S/C28H25ClN4O3S/c1-17-9-10-19(29)13-22(17)30-24(34)16-37-28-31-25-21-14-20(36-3)11-12-23(21)32(2)26(25)27(35)33(28)15-18-7-5-4-6-8-18/h4-14H,15-16H2,1-3H3,(H,30,34). The number of benzene rings is 3. The number of aromatic nitrogens is 3. The minimum absolute atomic E-state index is 0.0762. The maximum absolute atomic E-state index is 13.9. The number of amides is 1. The van der Waals surface area contributed by atoms with Crippen LogP contribution >= 0.6 is 23.4 Å². The molecule has 3 aromatic carbocycles. The van der Waals surface area contributed by atoms with Crippen molar-refractivity contribution >= 4 is 56.9 Å². The van der Waals surface area contributed by atoms with Crippen LogP contribution in [0.3, 0.4) is 0 Å². The van der Waals surface area contributed by atoms with Gasteiger partial charge in [0, 0.05) is 23.1 Å². The molecule has 0 fully saturated rings. The van der Waals surface area contributed by atoms with Gasteiger partial charge in [0.1, 0.15) is 16.8 Å². The maximum Gasteiger partial charge on any atom is 0.279 e. The Morgan fingerprint density at radius 3 is 2.65 bits per heavy atom. The van der Waals surface area contributed by atoms with Gasteiger partial charge in [0.25, 0.3) is 5.56 Å². The van der Waals surface area contributed by atoms with E-state index in [-0.39, 0.29) is 17.2 Å². The Balaban J connectivity index is 1.57. The maximum atomic E-state index is 13.9. The molecule has 2 aromatic heterocycles. The molecule has 37 heavy (non-hydrogen) atoms. The van der Waals surface area contributed by atoms with Crippen molar-refractivity contribution < 1.29 is 9.53 Å². The molecular weight excluding hydrogens is 508 g/mol. The molecule has 0 bridgehead atoms. The lowest BCUT2D eigenvalue weighted by Gasteiger charge is -2.13. The van der Waals surface area contributed by atoms with Crippen LogP contribution in [-0.4, -0.2) is 32.9 Å². The molecule has 0 aliphatic carbocycles. The Hall–Kier alpha value is -3.75. The van der Waals surface area contributed by atoms with Crippen molar-refractivity contribution in [3.05, 3.63) is 93.2 Å². The first-order valence-electron chi connectivity index (χ1n) is 11.7. The molecule has 0 aliphatic heterocycles. The molecule has 1 N–H and O–H groups in total. The predicted molar refractivity (Wildman–Crippen MR) is 150 cm³/mol. The number of fused-ring (bicyclic) bond motifs is 3. The highest BCUT2D eigenvalue weighted by Gasteiger charge is 2.20. The van der Waals surface area contributed by atoms with E-state index in [4.69, 9.17) is 21.3 Å². The van der Waals surface area contributed by atoms with Gasteiger partial charge in [-0.05, 0) is 48.4 Å². The minimum atomic E-state index is -0.212. The number of nitrogens with zero attached hydrogens (tertiary/aromatic N) is 3. The molecule has 7 nitrogen and oxygen atoms in total. The summed E-state index contributed by atoms with van der Waals surface area (Å²) in [6.07, 6.45) is 0. The highest BCUT2D eigenvalue weighted by atomic mass is 35.5. The summed E-state index contributed by atoms with van der Waals surface area (Å²) in [6, 6.07) is 20.8. The van der Waals surface area contributed by atoms with Crippen LogP contribution in [0.4, 0.5) is 5.69 Å². The number of anilines is 1. The average molecular weight is 533 g/mol. The van der Waals surface area contributed by atoms with E-state index in [1.165, 1.54) is 11.8 Å². The largest absolute Gasteiger partial charge is 0.497 e. The molecule has 2 heterocycles. The summed E-state index contributed by atoms with van der Waals surface area (Å²) in [5.74, 6) is 0.545. The number of rotatable bonds is 7. The van der Waals surface area contributed by atoms with Crippen LogP contribution in [0.15, 0.2) is 76.7 Å². The molecule has 0 saturated heterocycles. The molecule has 0 unspecified atom stereocenters. The van der Waals surface area contributed by atoms with Crippen LogP contribution < -0.4 is 15.6 Å². The van der Waals surface area contributed by atoms with Gasteiger partial charge >= 0.3 is 0 Å². The summed E-state index contributed by atoms with van der Waals surface area (Å²) in [5, 5.41) is 4.74. The van der Waals surface area contributed by atoms with Gasteiger partial charge in [-0.15, -0.1) is 0 Å². The molecule has 9 heteroatoms. The molecule has 0 spiro atoms. The Morgan fingerprint density at radius 1 is 1.11 bits per heavy atom. The van der Waals surface area contributed by atoms with E-state index < -0.39 is 0 Å². The third kappa shape index (κ3) is 4.95. The van der Waals surface area contributed by atoms with Crippen molar-refractivity contribution in [3.8, 4) is 5.75 Å². The molecule has 1 amide bonds. The summed E-state index contributed by atoms with van der Waals surface area (Å²) in [4.78, 5) is 31.6. The van der Waals surface area contributed by atoms with Crippen LogP contribution in [0.5, 0.6) is 5.75 Å². The lowest BCUT2D eigenvalue weighted by molar-refractivity contribution is -0.113. The van der Waals surface area contributed by atoms with E-state index in [2.05, 4.69) is 5.32 Å². The highest BCUT2D eigenvalue weighted by Crippen LogP contribution is 2.30. The van der Waals surface area contributed by atoms with E-state index in [0.29, 0.717) is 39.2 Å². The number of carbonyl (C=O) groups excluding carboxylic acids is 1. The number of hydrogen-bond donors (Lipinski definition) is 1. The number of hydrogen-bond acceptors (Lipinski definition) is 5. The van der Waals surface area contributed by atoms with E-state index in [1.807, 2.05) is 73.1 Å². The normalized spacial score (nSPS) is 11.2. The van der Waals surface area contributed by atoms with Gasteiger partial charge in [-0.2, -0.15) is 0 Å². The fraction of sp³-hybridized carbons (Fsp3) is 0.179. The summed E-state index contributed by atoms with van der Waals surface area (Å²) < 4.78 is 8.91. The summed E-state index contributed by atoms with van der Waals surface area (Å²) in [7, 11) is 3.47. The zero-order valence-electron chi connectivity index (χ0n) is 20.6. The van der Waals surface area contributed by atoms with Crippen LogP contribution in [0.1, 0.15) is 11.1 Å². The number of carbonyl (C=O) groups is 1. The second-order valence-electron chi connectivity index (χ2n) is 8.71. The topological polar surface area (TPSA) is 78.2 Å². The summed E-state index contributed by atoms with van der Waals surface area (Å²) in [6.45, 7) is 2.24. The Kier molecular flexibility index (Phi) is 6.95. The zero-order valence-corrected chi connectivity index (χ0v) is 22.2. The van der Waals surface area contributed by atoms with Crippen molar-refractivity contribution in [2.75, 3.05) is 18.2 Å². The molecule has 5 aromatic rings. The van der Waals surface area contributed by atoms with Crippen LogP contribution in [-0.2, 0) is 18.4 Å². The van der Waals surface area contributed by atoms with Gasteiger partial charge in [-0.3, -0.25) is 14.2 Å². The number of nitrogens with one attached hydrogen (secondary N) is 1. The van der Waals surface area contributed by atoms with E-state index in [1.54, 1.807) is 23.8 Å². The molecule has 0 radical (unpaired) electrons. The second-order valence-corrected chi connectivity index (χ2v) is 10.1. The molecule has 5 rings (SSSR count).